The maximum atomic E-state index is 3.85. The van der Waals surface area contributed by atoms with E-state index in [-0.39, 0.29) is 0 Å². The maximum Gasteiger partial charge on any atom is 0.0488 e. The molecule has 0 N–H and O–H groups in total. The standard InChI is InChI=1S/C16H11Br3S/c17-11-6-4-10(5-7-11)8-15(19)13-9-20-16-12(13)2-1-3-14(16)18/h1-7,9,15H,8H2. The zero-order valence-electron chi connectivity index (χ0n) is 10.4. The first kappa shape index (κ1) is 14.8. The molecular weight excluding hydrogens is 464 g/mol. The van der Waals surface area contributed by atoms with Gasteiger partial charge in [0, 0.05) is 18.5 Å². The van der Waals surface area contributed by atoms with Gasteiger partial charge in [0.2, 0.25) is 0 Å². The van der Waals surface area contributed by atoms with Gasteiger partial charge in [0.05, 0.1) is 0 Å². The van der Waals surface area contributed by atoms with Crippen LogP contribution < -0.4 is 0 Å². The highest BCUT2D eigenvalue weighted by Crippen LogP contribution is 2.39. The molecule has 2 aromatic carbocycles. The van der Waals surface area contributed by atoms with Gasteiger partial charge in [-0.15, -0.1) is 11.3 Å². The Hall–Kier alpha value is -0.160. The van der Waals surface area contributed by atoms with Crippen molar-refractivity contribution in [2.45, 2.75) is 11.2 Å². The Balaban J connectivity index is 1.91. The molecule has 0 radical (unpaired) electrons. The first-order valence-corrected chi connectivity index (χ1v) is 9.57. The van der Waals surface area contributed by atoms with Crippen molar-refractivity contribution in [2.75, 3.05) is 0 Å². The summed E-state index contributed by atoms with van der Waals surface area (Å²) < 4.78 is 3.62. The molecule has 0 aliphatic heterocycles. The molecule has 0 nitrogen and oxygen atoms in total. The van der Waals surface area contributed by atoms with Crippen LogP contribution in [0.2, 0.25) is 0 Å². The molecule has 0 aliphatic rings. The van der Waals surface area contributed by atoms with E-state index >= 15 is 0 Å². The van der Waals surface area contributed by atoms with E-state index in [0.29, 0.717) is 4.83 Å². The average molecular weight is 475 g/mol. The second-order valence-electron chi connectivity index (χ2n) is 4.61. The topological polar surface area (TPSA) is 0 Å². The third kappa shape index (κ3) is 3.03. The predicted octanol–water partition coefficient (Wildman–Crippen LogP) is 7.11. The summed E-state index contributed by atoms with van der Waals surface area (Å²) in [6, 6.07) is 14.9. The van der Waals surface area contributed by atoms with Crippen molar-refractivity contribution < 1.29 is 0 Å². The van der Waals surface area contributed by atoms with Crippen LogP contribution in [-0.2, 0) is 6.42 Å². The van der Waals surface area contributed by atoms with Gasteiger partial charge in [-0.1, -0.05) is 56.1 Å². The minimum atomic E-state index is 0.340. The van der Waals surface area contributed by atoms with E-state index in [2.05, 4.69) is 95.6 Å². The van der Waals surface area contributed by atoms with Gasteiger partial charge in [-0.05, 0) is 62.4 Å². The molecule has 4 heteroatoms. The molecule has 3 aromatic rings. The fourth-order valence-electron chi connectivity index (χ4n) is 2.22. The Morgan fingerprint density at radius 1 is 1.00 bits per heavy atom. The summed E-state index contributed by atoms with van der Waals surface area (Å²) in [4.78, 5) is 0.340. The van der Waals surface area contributed by atoms with Gasteiger partial charge >= 0.3 is 0 Å². The zero-order chi connectivity index (χ0) is 14.1. The Kier molecular flexibility index (Phi) is 4.65. The number of rotatable bonds is 3. The molecule has 1 aromatic heterocycles. The van der Waals surface area contributed by atoms with E-state index in [0.717, 1.165) is 10.9 Å². The lowest BCUT2D eigenvalue weighted by Crippen LogP contribution is -1.94. The Morgan fingerprint density at radius 2 is 1.75 bits per heavy atom. The number of halogens is 3. The lowest BCUT2D eigenvalue weighted by Gasteiger charge is -2.09. The second kappa shape index (κ2) is 6.30. The summed E-state index contributed by atoms with van der Waals surface area (Å²) in [7, 11) is 0. The first-order valence-electron chi connectivity index (χ1n) is 6.19. The van der Waals surface area contributed by atoms with Crippen LogP contribution in [0.5, 0.6) is 0 Å². The molecule has 0 spiro atoms. The molecule has 0 amide bonds. The summed E-state index contributed by atoms with van der Waals surface area (Å²) in [5.74, 6) is 0. The smallest absolute Gasteiger partial charge is 0.0488 e. The van der Waals surface area contributed by atoms with E-state index in [1.807, 2.05) is 0 Å². The van der Waals surface area contributed by atoms with Crippen LogP contribution in [-0.4, -0.2) is 0 Å². The number of hydrogen-bond donors (Lipinski definition) is 0. The molecule has 20 heavy (non-hydrogen) atoms. The molecule has 1 unspecified atom stereocenters. The zero-order valence-corrected chi connectivity index (χ0v) is 16.0. The molecule has 1 heterocycles. The summed E-state index contributed by atoms with van der Waals surface area (Å²) in [6.45, 7) is 0. The summed E-state index contributed by atoms with van der Waals surface area (Å²) in [6.07, 6.45) is 0.992. The summed E-state index contributed by atoms with van der Waals surface area (Å²) >= 11 is 12.7. The summed E-state index contributed by atoms with van der Waals surface area (Å²) in [5, 5.41) is 3.59. The first-order chi connectivity index (χ1) is 9.65. The minimum Gasteiger partial charge on any atom is -0.142 e. The van der Waals surface area contributed by atoms with Crippen molar-refractivity contribution >= 4 is 69.2 Å². The normalized spacial score (nSPS) is 12.8. The number of thiophene rings is 1. The molecule has 0 aliphatic carbocycles. The minimum absolute atomic E-state index is 0.340. The van der Waals surface area contributed by atoms with Crippen molar-refractivity contribution in [3.05, 3.63) is 67.9 Å². The Morgan fingerprint density at radius 3 is 2.50 bits per heavy atom. The highest BCUT2D eigenvalue weighted by Gasteiger charge is 2.14. The number of fused-ring (bicyclic) bond motifs is 1. The highest BCUT2D eigenvalue weighted by molar-refractivity contribution is 9.11. The van der Waals surface area contributed by atoms with Crippen LogP contribution >= 0.6 is 59.1 Å². The van der Waals surface area contributed by atoms with Crippen molar-refractivity contribution in [1.29, 1.82) is 0 Å². The lowest BCUT2D eigenvalue weighted by atomic mass is 10.0. The van der Waals surface area contributed by atoms with Crippen molar-refractivity contribution in [3.8, 4) is 0 Å². The third-order valence-electron chi connectivity index (χ3n) is 3.25. The number of hydrogen-bond acceptors (Lipinski definition) is 1. The quantitative estimate of drug-likeness (QED) is 0.355. The fourth-order valence-corrected chi connectivity index (χ4v) is 5.09. The third-order valence-corrected chi connectivity index (χ3v) is 6.56. The molecule has 102 valence electrons. The molecule has 1 atom stereocenters. The maximum absolute atomic E-state index is 3.85. The van der Waals surface area contributed by atoms with Crippen molar-refractivity contribution in [3.63, 3.8) is 0 Å². The van der Waals surface area contributed by atoms with E-state index in [1.54, 1.807) is 11.3 Å². The monoisotopic (exact) mass is 472 g/mol. The van der Waals surface area contributed by atoms with E-state index in [4.69, 9.17) is 0 Å². The van der Waals surface area contributed by atoms with Gasteiger partial charge in [0.25, 0.3) is 0 Å². The Bertz CT molecular complexity index is 731. The van der Waals surface area contributed by atoms with E-state index in [9.17, 15) is 0 Å². The highest BCUT2D eigenvalue weighted by atomic mass is 79.9. The molecule has 0 bridgehead atoms. The second-order valence-corrected chi connectivity index (χ2v) is 8.36. The fraction of sp³-hybridized carbons (Fsp3) is 0.125. The van der Waals surface area contributed by atoms with Crippen LogP contribution in [0.3, 0.4) is 0 Å². The van der Waals surface area contributed by atoms with Crippen LogP contribution in [0.25, 0.3) is 10.1 Å². The van der Waals surface area contributed by atoms with Crippen molar-refractivity contribution in [1.82, 2.24) is 0 Å². The molecule has 0 fully saturated rings. The van der Waals surface area contributed by atoms with Crippen LogP contribution in [0, 0.1) is 0 Å². The largest absolute Gasteiger partial charge is 0.142 e. The van der Waals surface area contributed by atoms with Gasteiger partial charge in [0.1, 0.15) is 0 Å². The van der Waals surface area contributed by atoms with E-state index in [1.165, 1.54) is 25.7 Å². The van der Waals surface area contributed by atoms with Crippen LogP contribution in [0.1, 0.15) is 16.0 Å². The van der Waals surface area contributed by atoms with Gasteiger partial charge in [-0.25, -0.2) is 0 Å². The van der Waals surface area contributed by atoms with Gasteiger partial charge in [0.15, 0.2) is 0 Å². The number of alkyl halides is 1. The van der Waals surface area contributed by atoms with Crippen molar-refractivity contribution in [2.24, 2.45) is 0 Å². The Labute approximate surface area is 147 Å². The molecule has 3 rings (SSSR count). The van der Waals surface area contributed by atoms with Crippen LogP contribution in [0.4, 0.5) is 0 Å². The predicted molar refractivity (Wildman–Crippen MR) is 99.0 cm³/mol. The lowest BCUT2D eigenvalue weighted by molar-refractivity contribution is 0.961. The average Bonchev–Trinajstić information content (AvgIpc) is 2.87. The van der Waals surface area contributed by atoms with Gasteiger partial charge in [-0.3, -0.25) is 0 Å². The molecular formula is C16H11Br3S. The van der Waals surface area contributed by atoms with E-state index < -0.39 is 0 Å². The van der Waals surface area contributed by atoms with Gasteiger partial charge < -0.3 is 0 Å². The number of benzene rings is 2. The van der Waals surface area contributed by atoms with Gasteiger partial charge in [-0.2, -0.15) is 0 Å². The van der Waals surface area contributed by atoms with Crippen LogP contribution in [0.15, 0.2) is 56.8 Å². The molecule has 0 saturated carbocycles. The molecule has 0 saturated heterocycles. The summed E-state index contributed by atoms with van der Waals surface area (Å²) in [5.41, 5.74) is 2.71. The SMILES string of the molecule is Brc1ccc(CC(Br)c2csc3c(Br)cccc23)cc1.